The first-order valence-corrected chi connectivity index (χ1v) is 3.40. The molecule has 0 fully saturated rings. The molecule has 1 atom stereocenters. The van der Waals surface area contributed by atoms with Crippen LogP contribution >= 0.6 is 0 Å². The van der Waals surface area contributed by atoms with E-state index in [-0.39, 0.29) is 0 Å². The van der Waals surface area contributed by atoms with Gasteiger partial charge in [0.25, 0.3) is 0 Å². The Balaban J connectivity index is 4.04. The molecule has 0 heterocycles. The number of hydrogen-bond acceptors (Lipinski definition) is 2. The fourth-order valence-corrected chi connectivity index (χ4v) is 0.509. The van der Waals surface area contributed by atoms with Gasteiger partial charge in [0.2, 0.25) is 0 Å². The Kier molecular flexibility index (Phi) is 2.67. The van der Waals surface area contributed by atoms with Crippen molar-refractivity contribution in [1.29, 1.82) is 0 Å². The Morgan fingerprint density at radius 2 is 2.11 bits per heavy atom. The minimum absolute atomic E-state index is 0.466. The van der Waals surface area contributed by atoms with Crippen molar-refractivity contribution in [2.24, 2.45) is 5.73 Å². The van der Waals surface area contributed by atoms with Crippen LogP contribution in [0.1, 0.15) is 13.8 Å². The summed E-state index contributed by atoms with van der Waals surface area (Å²) in [4.78, 5) is 10.2. The second kappa shape index (κ2) is 2.69. The molecule has 53 valence electrons. The summed E-state index contributed by atoms with van der Waals surface area (Å²) in [6.45, 7) is 3.48. The molecule has 0 aromatic heterocycles. The molecule has 0 saturated carbocycles. The summed E-state index contributed by atoms with van der Waals surface area (Å²) in [5.41, 5.74) is 5.26. The van der Waals surface area contributed by atoms with Crippen LogP contribution in [0.5, 0.6) is 0 Å². The SMILES string of the molecule is CC(C)([Se])[C@H](N)C(=O)O. The summed E-state index contributed by atoms with van der Waals surface area (Å²) in [7, 11) is 0. The molecule has 1 radical (unpaired) electrons. The van der Waals surface area contributed by atoms with Crippen LogP contribution in [0.15, 0.2) is 0 Å². The molecule has 9 heavy (non-hydrogen) atoms. The molecule has 0 aliphatic rings. The van der Waals surface area contributed by atoms with Crippen LogP contribution in [0.4, 0.5) is 0 Å². The number of nitrogens with two attached hydrogens (primary N) is 1. The van der Waals surface area contributed by atoms with Crippen LogP contribution in [0, 0.1) is 0 Å². The third-order valence-corrected chi connectivity index (χ3v) is 1.55. The number of carboxylic acids is 1. The zero-order chi connectivity index (χ0) is 7.65. The van der Waals surface area contributed by atoms with Crippen LogP contribution in [0.2, 0.25) is 4.31 Å². The molecule has 4 heteroatoms. The summed E-state index contributed by atoms with van der Waals surface area (Å²) >= 11 is 2.69. The third-order valence-electron chi connectivity index (χ3n) is 1.02. The van der Waals surface area contributed by atoms with Crippen LogP contribution in [0.25, 0.3) is 0 Å². The second-order valence-corrected chi connectivity index (χ2v) is 4.63. The van der Waals surface area contributed by atoms with E-state index in [1.165, 1.54) is 0 Å². The van der Waals surface area contributed by atoms with Crippen molar-refractivity contribution in [2.75, 3.05) is 0 Å². The predicted octanol–water partition coefficient (Wildman–Crippen LogP) is -0.235. The number of carbonyl (C=O) groups is 1. The first-order chi connectivity index (χ1) is 3.85. The Bertz CT molecular complexity index is 119. The van der Waals surface area contributed by atoms with Gasteiger partial charge in [-0.3, -0.25) is 0 Å². The van der Waals surface area contributed by atoms with Crippen molar-refractivity contribution in [3.63, 3.8) is 0 Å². The number of aliphatic carboxylic acids is 1. The molecule has 0 aliphatic heterocycles. The summed E-state index contributed by atoms with van der Waals surface area (Å²) in [6, 6.07) is -0.822. The van der Waals surface area contributed by atoms with Crippen LogP contribution < -0.4 is 5.73 Å². The third kappa shape index (κ3) is 2.84. The minimum atomic E-state index is -0.973. The van der Waals surface area contributed by atoms with Gasteiger partial charge in [-0.25, -0.2) is 0 Å². The van der Waals surface area contributed by atoms with Gasteiger partial charge in [-0.2, -0.15) is 0 Å². The molecule has 3 N–H and O–H groups in total. The van der Waals surface area contributed by atoms with Gasteiger partial charge in [0.1, 0.15) is 0 Å². The quantitative estimate of drug-likeness (QED) is 0.598. The topological polar surface area (TPSA) is 63.3 Å². The second-order valence-electron chi connectivity index (χ2n) is 2.42. The first kappa shape index (κ1) is 8.95. The van der Waals surface area contributed by atoms with Crippen molar-refractivity contribution in [3.8, 4) is 0 Å². The number of rotatable bonds is 2. The summed E-state index contributed by atoms with van der Waals surface area (Å²) < 4.78 is -0.466. The van der Waals surface area contributed by atoms with E-state index >= 15 is 0 Å². The van der Waals surface area contributed by atoms with Gasteiger partial charge in [-0.1, -0.05) is 0 Å². The Labute approximate surface area is 62.4 Å². The average molecular weight is 195 g/mol. The maximum atomic E-state index is 10.2. The van der Waals surface area contributed by atoms with E-state index in [0.717, 1.165) is 0 Å². The standard InChI is InChI=1S/C5H10NO2Se/c1-5(2,9)3(6)4(7)8/h3H,6H2,1-2H3,(H,7,8)/t3-/m1/s1. The number of carboxylic acid groups (broad SMARTS) is 1. The van der Waals surface area contributed by atoms with Gasteiger partial charge >= 0.3 is 61.8 Å². The zero-order valence-corrected chi connectivity index (χ0v) is 7.13. The molecular formula is C5H10NO2Se. The monoisotopic (exact) mass is 196 g/mol. The average Bonchev–Trinajstić information content (AvgIpc) is 1.62. The fraction of sp³-hybridized carbons (Fsp3) is 0.800. The van der Waals surface area contributed by atoms with Gasteiger partial charge in [0.05, 0.1) is 0 Å². The van der Waals surface area contributed by atoms with Crippen molar-refractivity contribution in [1.82, 2.24) is 0 Å². The van der Waals surface area contributed by atoms with Gasteiger partial charge < -0.3 is 0 Å². The molecule has 0 aromatic rings. The Hall–Kier alpha value is -0.0505. The normalized spacial score (nSPS) is 15.1. The first-order valence-electron chi connectivity index (χ1n) is 2.54. The molecule has 0 saturated heterocycles. The maximum absolute atomic E-state index is 10.2. The fourth-order valence-electron chi connectivity index (χ4n) is 0.297. The summed E-state index contributed by atoms with van der Waals surface area (Å²) in [5, 5.41) is 8.37. The van der Waals surface area contributed by atoms with E-state index < -0.39 is 16.3 Å². The van der Waals surface area contributed by atoms with Crippen molar-refractivity contribution >= 4 is 22.0 Å². The van der Waals surface area contributed by atoms with E-state index in [9.17, 15) is 4.79 Å². The Morgan fingerprint density at radius 1 is 1.78 bits per heavy atom. The van der Waals surface area contributed by atoms with Gasteiger partial charge in [0.15, 0.2) is 0 Å². The van der Waals surface area contributed by atoms with Gasteiger partial charge in [-0.15, -0.1) is 0 Å². The molecular weight excluding hydrogens is 185 g/mol. The molecule has 0 rings (SSSR count). The van der Waals surface area contributed by atoms with Crippen LogP contribution in [-0.2, 0) is 4.79 Å². The summed E-state index contributed by atoms with van der Waals surface area (Å²) in [6.07, 6.45) is 0. The molecule has 0 spiro atoms. The molecule has 0 amide bonds. The molecule has 0 aromatic carbocycles. The summed E-state index contributed by atoms with van der Waals surface area (Å²) in [5.74, 6) is -0.973. The van der Waals surface area contributed by atoms with Crippen LogP contribution in [0.3, 0.4) is 0 Å². The molecule has 0 unspecified atom stereocenters. The van der Waals surface area contributed by atoms with Crippen LogP contribution in [-0.4, -0.2) is 33.1 Å². The van der Waals surface area contributed by atoms with E-state index in [4.69, 9.17) is 10.8 Å². The van der Waals surface area contributed by atoms with Gasteiger partial charge in [0, 0.05) is 0 Å². The van der Waals surface area contributed by atoms with E-state index in [2.05, 4.69) is 16.0 Å². The van der Waals surface area contributed by atoms with Crippen molar-refractivity contribution < 1.29 is 9.90 Å². The molecule has 3 nitrogen and oxygen atoms in total. The van der Waals surface area contributed by atoms with E-state index in [1.807, 2.05) is 0 Å². The van der Waals surface area contributed by atoms with Gasteiger partial charge in [-0.05, 0) is 0 Å². The number of hydrogen-bond donors (Lipinski definition) is 2. The van der Waals surface area contributed by atoms with E-state index in [1.54, 1.807) is 13.8 Å². The molecule has 0 aliphatic carbocycles. The van der Waals surface area contributed by atoms with Crippen molar-refractivity contribution in [3.05, 3.63) is 0 Å². The predicted molar refractivity (Wildman–Crippen MR) is 35.4 cm³/mol. The zero-order valence-electron chi connectivity index (χ0n) is 5.42. The Morgan fingerprint density at radius 3 is 2.11 bits per heavy atom. The molecule has 0 bridgehead atoms. The van der Waals surface area contributed by atoms with E-state index in [0.29, 0.717) is 0 Å². The van der Waals surface area contributed by atoms with Crippen molar-refractivity contribution in [2.45, 2.75) is 24.2 Å².